The minimum atomic E-state index is 0.0118. The van der Waals surface area contributed by atoms with Crippen LogP contribution in [-0.4, -0.2) is 4.57 Å². The Hall–Kier alpha value is -7.42. The average Bonchev–Trinajstić information content (AvgIpc) is 3.95. The fourth-order valence-electron chi connectivity index (χ4n) is 9.57. The van der Waals surface area contributed by atoms with Gasteiger partial charge in [-0.15, -0.1) is 0 Å². The first-order valence-electron chi connectivity index (χ1n) is 19.7. The summed E-state index contributed by atoms with van der Waals surface area (Å²) in [5, 5.41) is 4.81. The van der Waals surface area contributed by atoms with E-state index in [1.807, 2.05) is 0 Å². The van der Waals surface area contributed by atoms with E-state index < -0.39 is 0 Å². The number of para-hydroxylation sites is 4. The molecule has 266 valence electrons. The Morgan fingerprint density at radius 1 is 0.351 bits per heavy atom. The molecule has 0 saturated carbocycles. The van der Waals surface area contributed by atoms with Crippen LogP contribution in [0.15, 0.2) is 211 Å². The topological polar surface area (TPSA) is 18.1 Å². The minimum Gasteiger partial charge on any atom is -0.455 e. The van der Waals surface area contributed by atoms with Gasteiger partial charge in [-0.1, -0.05) is 182 Å². The molecule has 11 aromatic rings. The van der Waals surface area contributed by atoms with Crippen LogP contribution in [0.4, 0.5) is 0 Å². The number of hydrogen-bond acceptors (Lipinski definition) is 1. The lowest BCUT2D eigenvalue weighted by molar-refractivity contribution is 0.662. The summed E-state index contributed by atoms with van der Waals surface area (Å²) >= 11 is 0. The van der Waals surface area contributed by atoms with Gasteiger partial charge in [0.2, 0.25) is 0 Å². The van der Waals surface area contributed by atoms with Crippen LogP contribution in [0.3, 0.4) is 0 Å². The Balaban J connectivity index is 1.03. The smallest absolute Gasteiger partial charge is 0.143 e. The molecule has 1 aliphatic rings. The first-order valence-corrected chi connectivity index (χ1v) is 19.7. The number of nitrogens with zero attached hydrogens (tertiary/aromatic N) is 1. The molecule has 0 spiro atoms. The molecule has 2 heterocycles. The fourth-order valence-corrected chi connectivity index (χ4v) is 9.57. The van der Waals surface area contributed by atoms with Crippen LogP contribution in [0, 0.1) is 0 Å². The quantitative estimate of drug-likeness (QED) is 0.173. The second-order valence-electron chi connectivity index (χ2n) is 15.2. The molecule has 0 bridgehead atoms. The molecule has 2 aromatic heterocycles. The van der Waals surface area contributed by atoms with Crippen LogP contribution in [-0.2, 0) is 0 Å². The third-order valence-electron chi connectivity index (χ3n) is 12.1. The van der Waals surface area contributed by atoms with Gasteiger partial charge in [-0.3, -0.25) is 0 Å². The van der Waals surface area contributed by atoms with Crippen molar-refractivity contribution in [2.75, 3.05) is 0 Å². The van der Waals surface area contributed by atoms with E-state index in [4.69, 9.17) is 4.42 Å². The van der Waals surface area contributed by atoms with Gasteiger partial charge in [0.25, 0.3) is 0 Å². The molecular formula is C55H35NO. The number of furan rings is 1. The highest BCUT2D eigenvalue weighted by Crippen LogP contribution is 2.54. The third-order valence-corrected chi connectivity index (χ3v) is 12.1. The Morgan fingerprint density at radius 2 is 0.930 bits per heavy atom. The van der Waals surface area contributed by atoms with Gasteiger partial charge in [0.1, 0.15) is 11.2 Å². The normalized spacial score (nSPS) is 13.4. The zero-order valence-corrected chi connectivity index (χ0v) is 31.1. The standard InChI is InChI=1S/C55H35NO/c1-3-14-35(15-4-1)36-28-30-37(31-29-36)38-16-11-17-39(34-38)41-23-12-24-46-47-25-13-26-49(55(47)57-54(41)46)51-43-21-7-8-22-44(43)52-48(51)33-32-45-42-20-9-10-27-50(42)56(53(45)52)40-18-5-2-6-19-40/h1-34,51H. The Morgan fingerprint density at radius 3 is 1.77 bits per heavy atom. The highest BCUT2D eigenvalue weighted by atomic mass is 16.3. The predicted octanol–water partition coefficient (Wildman–Crippen LogP) is 14.8. The third kappa shape index (κ3) is 4.84. The molecule has 2 nitrogen and oxygen atoms in total. The van der Waals surface area contributed by atoms with Crippen molar-refractivity contribution in [1.29, 1.82) is 0 Å². The summed E-state index contributed by atoms with van der Waals surface area (Å²) in [6.07, 6.45) is 0. The summed E-state index contributed by atoms with van der Waals surface area (Å²) in [4.78, 5) is 0. The minimum absolute atomic E-state index is 0.0118. The van der Waals surface area contributed by atoms with E-state index in [0.29, 0.717) is 0 Å². The zero-order valence-electron chi connectivity index (χ0n) is 31.1. The van der Waals surface area contributed by atoms with Crippen LogP contribution < -0.4 is 0 Å². The van der Waals surface area contributed by atoms with Crippen LogP contribution in [0.5, 0.6) is 0 Å². The Labute approximate surface area is 330 Å². The number of hydrogen-bond donors (Lipinski definition) is 0. The maximum Gasteiger partial charge on any atom is 0.143 e. The van der Waals surface area contributed by atoms with Gasteiger partial charge in [0, 0.05) is 49.8 Å². The molecule has 0 amide bonds. The van der Waals surface area contributed by atoms with Crippen molar-refractivity contribution in [2.24, 2.45) is 0 Å². The highest BCUT2D eigenvalue weighted by molar-refractivity contribution is 6.16. The maximum absolute atomic E-state index is 7.15. The number of aromatic nitrogens is 1. The van der Waals surface area contributed by atoms with Crippen molar-refractivity contribution in [1.82, 2.24) is 4.57 Å². The average molecular weight is 726 g/mol. The van der Waals surface area contributed by atoms with Crippen molar-refractivity contribution < 1.29 is 4.42 Å². The summed E-state index contributed by atoms with van der Waals surface area (Å²) in [5.41, 5.74) is 18.9. The van der Waals surface area contributed by atoms with E-state index in [9.17, 15) is 0 Å². The van der Waals surface area contributed by atoms with Crippen molar-refractivity contribution in [3.05, 3.63) is 223 Å². The largest absolute Gasteiger partial charge is 0.455 e. The molecule has 57 heavy (non-hydrogen) atoms. The van der Waals surface area contributed by atoms with Gasteiger partial charge >= 0.3 is 0 Å². The van der Waals surface area contributed by atoms with E-state index in [0.717, 1.165) is 33.1 Å². The van der Waals surface area contributed by atoms with Gasteiger partial charge in [-0.2, -0.15) is 0 Å². The highest BCUT2D eigenvalue weighted by Gasteiger charge is 2.35. The maximum atomic E-state index is 7.15. The molecule has 0 saturated heterocycles. The predicted molar refractivity (Wildman–Crippen MR) is 237 cm³/mol. The molecule has 9 aromatic carbocycles. The zero-order chi connectivity index (χ0) is 37.5. The summed E-state index contributed by atoms with van der Waals surface area (Å²) in [7, 11) is 0. The summed E-state index contributed by atoms with van der Waals surface area (Å²) in [5.74, 6) is 0.0118. The number of benzene rings is 9. The monoisotopic (exact) mass is 725 g/mol. The Kier molecular flexibility index (Phi) is 7.02. The van der Waals surface area contributed by atoms with Gasteiger partial charge in [0.15, 0.2) is 0 Å². The molecule has 1 atom stereocenters. The van der Waals surface area contributed by atoms with Crippen molar-refractivity contribution in [2.45, 2.75) is 5.92 Å². The van der Waals surface area contributed by atoms with E-state index in [1.54, 1.807) is 0 Å². The van der Waals surface area contributed by atoms with Crippen LogP contribution in [0.1, 0.15) is 22.6 Å². The van der Waals surface area contributed by atoms with Gasteiger partial charge in [-0.25, -0.2) is 0 Å². The molecule has 1 unspecified atom stereocenters. The first kappa shape index (κ1) is 31.9. The summed E-state index contributed by atoms with van der Waals surface area (Å²) in [6.45, 7) is 0. The van der Waals surface area contributed by atoms with Crippen molar-refractivity contribution >= 4 is 43.7 Å². The van der Waals surface area contributed by atoms with E-state index >= 15 is 0 Å². The van der Waals surface area contributed by atoms with Gasteiger partial charge in [0.05, 0.1) is 11.0 Å². The molecule has 0 N–H and O–H groups in total. The lowest BCUT2D eigenvalue weighted by Gasteiger charge is -2.15. The second kappa shape index (κ2) is 12.6. The second-order valence-corrected chi connectivity index (χ2v) is 15.2. The fraction of sp³-hybridized carbons (Fsp3) is 0.0182. The molecular weight excluding hydrogens is 691 g/mol. The molecule has 1 aliphatic carbocycles. The van der Waals surface area contributed by atoms with Crippen molar-refractivity contribution in [3.8, 4) is 50.2 Å². The SMILES string of the molecule is c1ccc(-c2ccc(-c3cccc(-c4cccc5c4oc4c(C6c7ccccc7-c7c6ccc6c8ccccc8n(-c8ccccc8)c76)cccc45)c3)cc2)cc1. The lowest BCUT2D eigenvalue weighted by Crippen LogP contribution is -2.00. The number of fused-ring (bicyclic) bond motifs is 10. The summed E-state index contributed by atoms with van der Waals surface area (Å²) in [6, 6.07) is 74.8. The van der Waals surface area contributed by atoms with Crippen molar-refractivity contribution in [3.63, 3.8) is 0 Å². The van der Waals surface area contributed by atoms with Crippen LogP contribution in [0.2, 0.25) is 0 Å². The van der Waals surface area contributed by atoms with Gasteiger partial charge in [-0.05, 0) is 68.8 Å². The van der Waals surface area contributed by atoms with Gasteiger partial charge < -0.3 is 8.98 Å². The molecule has 12 rings (SSSR count). The van der Waals surface area contributed by atoms with E-state index in [2.05, 4.69) is 211 Å². The van der Waals surface area contributed by atoms with E-state index in [1.165, 1.54) is 77.6 Å². The Bertz CT molecular complexity index is 3330. The molecule has 0 radical (unpaired) electrons. The molecule has 2 heteroatoms. The van der Waals surface area contributed by atoms with Crippen LogP contribution >= 0.6 is 0 Å². The lowest BCUT2D eigenvalue weighted by atomic mass is 9.88. The molecule has 0 aliphatic heterocycles. The number of rotatable bonds is 5. The first-order chi connectivity index (χ1) is 28.3. The molecule has 0 fully saturated rings. The summed E-state index contributed by atoms with van der Waals surface area (Å²) < 4.78 is 9.61. The van der Waals surface area contributed by atoms with E-state index in [-0.39, 0.29) is 5.92 Å². The van der Waals surface area contributed by atoms with Crippen LogP contribution in [0.25, 0.3) is 93.9 Å².